The number of hydrogen-bond donors (Lipinski definition) is 1. The molecule has 2 aromatic carbocycles. The molecule has 0 saturated carbocycles. The summed E-state index contributed by atoms with van der Waals surface area (Å²) in [5, 5.41) is 2.64. The van der Waals surface area contributed by atoms with Gasteiger partial charge in [-0.3, -0.25) is 13.9 Å². The number of benzene rings is 2. The largest absolute Gasteiger partial charge is 0.354 e. The van der Waals surface area contributed by atoms with E-state index in [9.17, 15) is 9.59 Å². The predicted octanol–water partition coefficient (Wildman–Crippen LogP) is 1.87. The van der Waals surface area contributed by atoms with Gasteiger partial charge in [-0.1, -0.05) is 18.2 Å². The Labute approximate surface area is 119 Å². The van der Waals surface area contributed by atoms with Crippen LogP contribution in [0.4, 0.5) is 0 Å². The van der Waals surface area contributed by atoms with Crippen molar-refractivity contribution in [3.63, 3.8) is 0 Å². The lowest BCUT2D eigenvalue weighted by Gasteiger charge is -2.07. The molecule has 0 bridgehead atoms. The summed E-state index contributed by atoms with van der Waals surface area (Å²) in [5.41, 5.74) is 1.99. The molecule has 0 atom stereocenters. The van der Waals surface area contributed by atoms with Crippen LogP contribution in [0.1, 0.15) is 0 Å². The van der Waals surface area contributed by atoms with Crippen molar-refractivity contribution >= 4 is 32.7 Å². The molecule has 0 aliphatic rings. The van der Waals surface area contributed by atoms with Crippen molar-refractivity contribution in [2.45, 2.75) is 0 Å². The quantitative estimate of drug-likeness (QED) is 0.534. The van der Waals surface area contributed by atoms with Crippen LogP contribution in [0.25, 0.3) is 32.7 Å². The Kier molecular flexibility index (Phi) is 2.19. The second-order valence-corrected chi connectivity index (χ2v) is 5.29. The fourth-order valence-corrected chi connectivity index (χ4v) is 2.93. The summed E-state index contributed by atoms with van der Waals surface area (Å²) >= 11 is 0. The molecule has 5 heteroatoms. The zero-order chi connectivity index (χ0) is 14.7. The van der Waals surface area contributed by atoms with E-state index in [2.05, 4.69) is 4.98 Å². The van der Waals surface area contributed by atoms with E-state index in [0.717, 1.165) is 26.4 Å². The minimum absolute atomic E-state index is 0.270. The molecule has 0 aliphatic heterocycles. The van der Waals surface area contributed by atoms with Gasteiger partial charge in [0.2, 0.25) is 0 Å². The lowest BCUT2D eigenvalue weighted by Crippen LogP contribution is -2.36. The van der Waals surface area contributed by atoms with Crippen molar-refractivity contribution < 1.29 is 0 Å². The van der Waals surface area contributed by atoms with E-state index in [-0.39, 0.29) is 11.2 Å². The molecule has 0 unspecified atom stereocenters. The van der Waals surface area contributed by atoms with Crippen LogP contribution < -0.4 is 11.2 Å². The summed E-state index contributed by atoms with van der Waals surface area (Å²) in [6.07, 6.45) is 0. The van der Waals surface area contributed by atoms with Gasteiger partial charge in [-0.2, -0.15) is 0 Å². The second kappa shape index (κ2) is 3.85. The highest BCUT2D eigenvalue weighted by molar-refractivity contribution is 6.11. The van der Waals surface area contributed by atoms with Crippen LogP contribution in [-0.2, 0) is 14.1 Å². The van der Waals surface area contributed by atoms with Crippen LogP contribution in [0.3, 0.4) is 0 Å². The van der Waals surface area contributed by atoms with Crippen LogP contribution in [0, 0.1) is 0 Å². The van der Waals surface area contributed by atoms with E-state index >= 15 is 0 Å². The van der Waals surface area contributed by atoms with Crippen LogP contribution in [0.15, 0.2) is 46.0 Å². The van der Waals surface area contributed by atoms with Crippen molar-refractivity contribution in [2.24, 2.45) is 14.1 Å². The number of aromatic nitrogens is 3. The van der Waals surface area contributed by atoms with Gasteiger partial charge in [-0.25, -0.2) is 4.79 Å². The Bertz CT molecular complexity index is 1150. The molecular weight excluding hydrogens is 266 g/mol. The van der Waals surface area contributed by atoms with E-state index < -0.39 is 0 Å². The zero-order valence-electron chi connectivity index (χ0n) is 11.7. The number of para-hydroxylation sites is 1. The van der Waals surface area contributed by atoms with Gasteiger partial charge in [0.15, 0.2) is 0 Å². The maximum absolute atomic E-state index is 12.3. The monoisotopic (exact) mass is 279 g/mol. The Hall–Kier alpha value is -2.82. The molecule has 21 heavy (non-hydrogen) atoms. The summed E-state index contributed by atoms with van der Waals surface area (Å²) in [5.74, 6) is 0. The van der Waals surface area contributed by atoms with Crippen molar-refractivity contribution in [3.8, 4) is 0 Å². The second-order valence-electron chi connectivity index (χ2n) is 5.29. The van der Waals surface area contributed by atoms with E-state index in [4.69, 9.17) is 0 Å². The maximum atomic E-state index is 12.3. The molecule has 104 valence electrons. The Morgan fingerprint density at radius 3 is 2.43 bits per heavy atom. The molecule has 0 radical (unpaired) electrons. The van der Waals surface area contributed by atoms with E-state index in [1.54, 1.807) is 7.05 Å². The smallest absolute Gasteiger partial charge is 0.330 e. The van der Waals surface area contributed by atoms with Gasteiger partial charge in [-0.05, 0) is 18.2 Å². The summed E-state index contributed by atoms with van der Waals surface area (Å²) in [7, 11) is 3.18. The third-order valence-electron chi connectivity index (χ3n) is 4.09. The van der Waals surface area contributed by atoms with Crippen molar-refractivity contribution in [3.05, 3.63) is 57.2 Å². The molecule has 1 N–H and O–H groups in total. The first-order valence-electron chi connectivity index (χ1n) is 6.68. The zero-order valence-corrected chi connectivity index (χ0v) is 11.7. The average Bonchev–Trinajstić information content (AvgIpc) is 2.87. The predicted molar refractivity (Wildman–Crippen MR) is 83.8 cm³/mol. The van der Waals surface area contributed by atoms with Crippen LogP contribution in [-0.4, -0.2) is 14.1 Å². The standard InChI is InChI=1S/C16H13N3O2/c1-18-14-8-10-9-5-3-4-6-12(9)17-13(10)7-11(14)15(20)19(2)16(18)21/h3-8,17H,1-2H3. The minimum Gasteiger partial charge on any atom is -0.354 e. The molecule has 0 saturated heterocycles. The lowest BCUT2D eigenvalue weighted by molar-refractivity contribution is 0.714. The Morgan fingerprint density at radius 2 is 1.62 bits per heavy atom. The number of hydrogen-bond acceptors (Lipinski definition) is 2. The van der Waals surface area contributed by atoms with Crippen LogP contribution in [0.2, 0.25) is 0 Å². The van der Waals surface area contributed by atoms with Gasteiger partial charge in [0, 0.05) is 35.9 Å². The summed E-state index contributed by atoms with van der Waals surface area (Å²) in [6.45, 7) is 0. The van der Waals surface area contributed by atoms with Gasteiger partial charge in [0.1, 0.15) is 0 Å². The van der Waals surface area contributed by atoms with Crippen LogP contribution >= 0.6 is 0 Å². The van der Waals surface area contributed by atoms with Gasteiger partial charge < -0.3 is 4.98 Å². The highest BCUT2D eigenvalue weighted by Crippen LogP contribution is 2.27. The first kappa shape index (κ1) is 12.0. The molecule has 0 aliphatic carbocycles. The third-order valence-corrected chi connectivity index (χ3v) is 4.09. The highest BCUT2D eigenvalue weighted by atomic mass is 16.2. The molecule has 4 aromatic rings. The average molecular weight is 279 g/mol. The maximum Gasteiger partial charge on any atom is 0.330 e. The normalized spacial score (nSPS) is 11.7. The van der Waals surface area contributed by atoms with Gasteiger partial charge in [-0.15, -0.1) is 0 Å². The fourth-order valence-electron chi connectivity index (χ4n) is 2.93. The fraction of sp³-hybridized carbons (Fsp3) is 0.125. The number of aryl methyl sites for hydroxylation is 1. The van der Waals surface area contributed by atoms with E-state index in [1.165, 1.54) is 11.6 Å². The van der Waals surface area contributed by atoms with E-state index in [0.29, 0.717) is 10.9 Å². The summed E-state index contributed by atoms with van der Waals surface area (Å²) in [6, 6.07) is 11.7. The molecule has 5 nitrogen and oxygen atoms in total. The number of rotatable bonds is 0. The lowest BCUT2D eigenvalue weighted by atomic mass is 10.1. The Balaban J connectivity index is 2.34. The number of H-pyrrole nitrogens is 1. The minimum atomic E-state index is -0.313. The van der Waals surface area contributed by atoms with Crippen LogP contribution in [0.5, 0.6) is 0 Å². The topological polar surface area (TPSA) is 59.8 Å². The molecule has 4 rings (SSSR count). The summed E-state index contributed by atoms with van der Waals surface area (Å²) < 4.78 is 2.65. The number of aromatic amines is 1. The third kappa shape index (κ3) is 1.45. The van der Waals surface area contributed by atoms with Gasteiger partial charge in [0.05, 0.1) is 10.9 Å². The molecule has 0 fully saturated rings. The first-order chi connectivity index (χ1) is 10.1. The number of fused-ring (bicyclic) bond motifs is 4. The number of nitrogens with one attached hydrogen (secondary N) is 1. The first-order valence-corrected chi connectivity index (χ1v) is 6.68. The van der Waals surface area contributed by atoms with E-state index in [1.807, 2.05) is 36.4 Å². The van der Waals surface area contributed by atoms with Crippen molar-refractivity contribution in [2.75, 3.05) is 0 Å². The van der Waals surface area contributed by atoms with Crippen molar-refractivity contribution in [1.29, 1.82) is 0 Å². The SMILES string of the molecule is Cn1c(=O)c2cc3[nH]c4ccccc4c3cc2n(C)c1=O. The molecule has 0 amide bonds. The Morgan fingerprint density at radius 1 is 0.857 bits per heavy atom. The van der Waals surface area contributed by atoms with Gasteiger partial charge in [0.25, 0.3) is 5.56 Å². The van der Waals surface area contributed by atoms with Gasteiger partial charge >= 0.3 is 5.69 Å². The molecule has 0 spiro atoms. The summed E-state index contributed by atoms with van der Waals surface area (Å²) in [4.78, 5) is 27.7. The highest BCUT2D eigenvalue weighted by Gasteiger charge is 2.12. The molecular formula is C16H13N3O2. The number of nitrogens with zero attached hydrogens (tertiary/aromatic N) is 2. The molecule has 2 heterocycles. The van der Waals surface area contributed by atoms with Crippen molar-refractivity contribution in [1.82, 2.24) is 14.1 Å². The molecule has 2 aromatic heterocycles.